The molecule has 0 heterocycles. The predicted molar refractivity (Wildman–Crippen MR) is 65.8 cm³/mol. The van der Waals surface area contributed by atoms with Crippen molar-refractivity contribution in [3.63, 3.8) is 0 Å². The summed E-state index contributed by atoms with van der Waals surface area (Å²) in [6.45, 7) is 4.32. The highest BCUT2D eigenvalue weighted by atomic mass is 16.4. The van der Waals surface area contributed by atoms with Gasteiger partial charge in [0.05, 0.1) is 0 Å². The normalized spacial score (nSPS) is 12.6. The van der Waals surface area contributed by atoms with Crippen molar-refractivity contribution in [2.75, 3.05) is 0 Å². The number of nitrogens with one attached hydrogen (secondary N) is 1. The highest BCUT2D eigenvalue weighted by Crippen LogP contribution is 2.15. The third-order valence-electron chi connectivity index (χ3n) is 2.54. The first-order valence-corrected chi connectivity index (χ1v) is 5.73. The van der Waals surface area contributed by atoms with Gasteiger partial charge in [-0.3, -0.25) is 4.79 Å². The first-order chi connectivity index (χ1) is 8.00. The molecular weight excluding hydrogens is 218 g/mol. The highest BCUT2D eigenvalue weighted by molar-refractivity contribution is 5.73. The van der Waals surface area contributed by atoms with Crippen molar-refractivity contribution >= 4 is 5.97 Å². The molecule has 1 aromatic rings. The molecule has 4 nitrogen and oxygen atoms in total. The summed E-state index contributed by atoms with van der Waals surface area (Å²) in [6, 6.07) is 6.34. The monoisotopic (exact) mass is 237 g/mol. The van der Waals surface area contributed by atoms with E-state index in [1.165, 1.54) is 0 Å². The molecule has 0 radical (unpaired) electrons. The smallest absolute Gasteiger partial charge is 0.320 e. The van der Waals surface area contributed by atoms with Crippen LogP contribution in [0.1, 0.15) is 25.8 Å². The van der Waals surface area contributed by atoms with Gasteiger partial charge in [-0.2, -0.15) is 0 Å². The van der Waals surface area contributed by atoms with Gasteiger partial charge in [-0.25, -0.2) is 0 Å². The molecular formula is C13H19NO3. The van der Waals surface area contributed by atoms with E-state index in [4.69, 9.17) is 5.11 Å². The molecule has 0 aliphatic heterocycles. The summed E-state index contributed by atoms with van der Waals surface area (Å²) in [7, 11) is 0. The zero-order chi connectivity index (χ0) is 12.8. The molecule has 0 fully saturated rings. The standard InChI is InChI=1S/C13H19NO3/c1-9(2)7-11(13(16)17)14-8-10-5-3-4-6-12(10)15/h3-6,9,11,14-15H,7-8H2,1-2H3,(H,16,17)/t11-/m0/s1. The van der Waals surface area contributed by atoms with E-state index in [2.05, 4.69) is 5.32 Å². The number of aliphatic carboxylic acids is 1. The second kappa shape index (κ2) is 6.25. The van der Waals surface area contributed by atoms with E-state index < -0.39 is 12.0 Å². The zero-order valence-electron chi connectivity index (χ0n) is 10.2. The lowest BCUT2D eigenvalue weighted by Crippen LogP contribution is -2.37. The molecule has 1 aromatic carbocycles. The molecule has 17 heavy (non-hydrogen) atoms. The Morgan fingerprint density at radius 1 is 1.35 bits per heavy atom. The van der Waals surface area contributed by atoms with Gasteiger partial charge in [0.15, 0.2) is 0 Å². The maximum Gasteiger partial charge on any atom is 0.320 e. The average Bonchev–Trinajstić information content (AvgIpc) is 2.25. The van der Waals surface area contributed by atoms with Crippen molar-refractivity contribution in [1.29, 1.82) is 0 Å². The van der Waals surface area contributed by atoms with Gasteiger partial charge in [0, 0.05) is 12.1 Å². The molecule has 1 rings (SSSR count). The van der Waals surface area contributed by atoms with Crippen molar-refractivity contribution < 1.29 is 15.0 Å². The fourth-order valence-electron chi connectivity index (χ4n) is 1.64. The summed E-state index contributed by atoms with van der Waals surface area (Å²) in [4.78, 5) is 11.0. The van der Waals surface area contributed by atoms with Crippen molar-refractivity contribution in [3.05, 3.63) is 29.8 Å². The number of benzene rings is 1. The van der Waals surface area contributed by atoms with Crippen LogP contribution in [0.4, 0.5) is 0 Å². The molecule has 0 spiro atoms. The number of carboxylic acids is 1. The van der Waals surface area contributed by atoms with Crippen molar-refractivity contribution in [2.45, 2.75) is 32.9 Å². The fraction of sp³-hybridized carbons (Fsp3) is 0.462. The van der Waals surface area contributed by atoms with Crippen molar-refractivity contribution in [2.24, 2.45) is 5.92 Å². The van der Waals surface area contributed by atoms with E-state index in [0.29, 0.717) is 24.4 Å². The van der Waals surface area contributed by atoms with Crippen LogP contribution >= 0.6 is 0 Å². The van der Waals surface area contributed by atoms with Gasteiger partial charge < -0.3 is 15.5 Å². The number of hydrogen-bond donors (Lipinski definition) is 3. The third-order valence-corrected chi connectivity index (χ3v) is 2.54. The number of hydrogen-bond acceptors (Lipinski definition) is 3. The average molecular weight is 237 g/mol. The summed E-state index contributed by atoms with van der Waals surface area (Å²) in [5, 5.41) is 21.5. The molecule has 4 heteroatoms. The Balaban J connectivity index is 2.58. The van der Waals surface area contributed by atoms with Gasteiger partial charge >= 0.3 is 5.97 Å². The van der Waals surface area contributed by atoms with E-state index in [0.717, 1.165) is 0 Å². The summed E-state index contributed by atoms with van der Waals surface area (Å²) in [6.07, 6.45) is 0.572. The van der Waals surface area contributed by atoms with Crippen LogP contribution in [0, 0.1) is 5.92 Å². The van der Waals surface area contributed by atoms with E-state index in [-0.39, 0.29) is 5.75 Å². The van der Waals surface area contributed by atoms with Crippen LogP contribution in [0.25, 0.3) is 0 Å². The molecule has 1 atom stereocenters. The minimum Gasteiger partial charge on any atom is -0.508 e. The Kier molecular flexibility index (Phi) is 4.97. The summed E-state index contributed by atoms with van der Waals surface area (Å²) in [5.41, 5.74) is 0.711. The third kappa shape index (κ3) is 4.44. The SMILES string of the molecule is CC(C)C[C@H](NCc1ccccc1O)C(=O)O. The van der Waals surface area contributed by atoms with Gasteiger partial charge in [0.1, 0.15) is 11.8 Å². The Morgan fingerprint density at radius 3 is 2.53 bits per heavy atom. The molecule has 0 amide bonds. The maximum absolute atomic E-state index is 11.0. The number of phenols is 1. The van der Waals surface area contributed by atoms with Gasteiger partial charge in [0.2, 0.25) is 0 Å². The topological polar surface area (TPSA) is 69.6 Å². The van der Waals surface area contributed by atoms with Crippen LogP contribution in [0.2, 0.25) is 0 Å². The van der Waals surface area contributed by atoms with Crippen LogP contribution in [-0.2, 0) is 11.3 Å². The number of carbonyl (C=O) groups is 1. The van der Waals surface area contributed by atoms with Crippen molar-refractivity contribution in [1.82, 2.24) is 5.32 Å². The first-order valence-electron chi connectivity index (χ1n) is 5.73. The molecule has 3 N–H and O–H groups in total. The minimum absolute atomic E-state index is 0.189. The number of aromatic hydroxyl groups is 1. The lowest BCUT2D eigenvalue weighted by atomic mass is 10.0. The molecule has 0 aliphatic rings. The van der Waals surface area contributed by atoms with E-state index in [1.54, 1.807) is 18.2 Å². The highest BCUT2D eigenvalue weighted by Gasteiger charge is 2.18. The minimum atomic E-state index is -0.853. The fourth-order valence-corrected chi connectivity index (χ4v) is 1.64. The van der Waals surface area contributed by atoms with Crippen LogP contribution < -0.4 is 5.32 Å². The predicted octanol–water partition coefficient (Wildman–Crippen LogP) is 1.98. The van der Waals surface area contributed by atoms with Gasteiger partial charge in [-0.1, -0.05) is 32.0 Å². The van der Waals surface area contributed by atoms with Crippen molar-refractivity contribution in [3.8, 4) is 5.75 Å². The molecule has 94 valence electrons. The second-order valence-corrected chi connectivity index (χ2v) is 4.53. The molecule has 0 saturated heterocycles. The van der Waals surface area contributed by atoms with Gasteiger partial charge in [0.25, 0.3) is 0 Å². The number of phenolic OH excluding ortho intramolecular Hbond substituents is 1. The molecule has 0 aromatic heterocycles. The Hall–Kier alpha value is -1.55. The largest absolute Gasteiger partial charge is 0.508 e. The lowest BCUT2D eigenvalue weighted by Gasteiger charge is -2.16. The Morgan fingerprint density at radius 2 is 2.00 bits per heavy atom. The quantitative estimate of drug-likeness (QED) is 0.707. The summed E-state index contributed by atoms with van der Waals surface area (Å²) < 4.78 is 0. The van der Waals surface area contributed by atoms with E-state index >= 15 is 0 Å². The van der Waals surface area contributed by atoms with Gasteiger partial charge in [-0.05, 0) is 18.4 Å². The first kappa shape index (κ1) is 13.5. The molecule has 0 unspecified atom stereocenters. The van der Waals surface area contributed by atoms with Crippen LogP contribution in [-0.4, -0.2) is 22.2 Å². The summed E-state index contributed by atoms with van der Waals surface area (Å²) >= 11 is 0. The Bertz CT molecular complexity index is 377. The van der Waals surface area contributed by atoms with Gasteiger partial charge in [-0.15, -0.1) is 0 Å². The summed E-state index contributed by atoms with van der Waals surface area (Å²) in [5.74, 6) is -0.351. The second-order valence-electron chi connectivity index (χ2n) is 4.53. The van der Waals surface area contributed by atoms with E-state index in [9.17, 15) is 9.90 Å². The maximum atomic E-state index is 11.0. The molecule has 0 bridgehead atoms. The molecule has 0 saturated carbocycles. The van der Waals surface area contributed by atoms with Crippen LogP contribution in [0.15, 0.2) is 24.3 Å². The van der Waals surface area contributed by atoms with Crippen LogP contribution in [0.5, 0.6) is 5.75 Å². The zero-order valence-corrected chi connectivity index (χ0v) is 10.2. The lowest BCUT2D eigenvalue weighted by molar-refractivity contribution is -0.140. The van der Waals surface area contributed by atoms with Crippen LogP contribution in [0.3, 0.4) is 0 Å². The van der Waals surface area contributed by atoms with E-state index in [1.807, 2.05) is 19.9 Å². The Labute approximate surface area is 101 Å². The number of rotatable bonds is 6. The number of carboxylic acid groups (broad SMARTS) is 1. The molecule has 0 aliphatic carbocycles. The number of para-hydroxylation sites is 1.